The summed E-state index contributed by atoms with van der Waals surface area (Å²) in [6.45, 7) is 1.65. The molecule has 0 aromatic heterocycles. The maximum Gasteiger partial charge on any atom is 0.314 e. The summed E-state index contributed by atoms with van der Waals surface area (Å²) in [6, 6.07) is 12.5. The molecule has 5 nitrogen and oxygen atoms in total. The summed E-state index contributed by atoms with van der Waals surface area (Å²) in [6.07, 6.45) is 0. The molecule has 1 aliphatic heterocycles. The van der Waals surface area contributed by atoms with Gasteiger partial charge in [0.15, 0.2) is 0 Å². The van der Waals surface area contributed by atoms with Crippen molar-refractivity contribution >= 4 is 17.4 Å². The van der Waals surface area contributed by atoms with E-state index < -0.39 is 23.7 Å². The van der Waals surface area contributed by atoms with Gasteiger partial charge in [0, 0.05) is 5.56 Å². The van der Waals surface area contributed by atoms with E-state index in [9.17, 15) is 14.3 Å². The van der Waals surface area contributed by atoms with Gasteiger partial charge in [-0.05, 0) is 37.3 Å². The predicted molar refractivity (Wildman–Crippen MR) is 88.8 cm³/mol. The number of ether oxygens (including phenoxy) is 1. The molecule has 2 aromatic carbocycles. The zero-order chi connectivity index (χ0) is 17.3. The molecule has 2 unspecified atom stereocenters. The lowest BCUT2D eigenvalue weighted by atomic mass is 9.90. The van der Waals surface area contributed by atoms with E-state index in [0.29, 0.717) is 22.7 Å². The van der Waals surface area contributed by atoms with Gasteiger partial charge in [0.25, 0.3) is 0 Å². The van der Waals surface area contributed by atoms with Crippen LogP contribution in [0, 0.1) is 11.7 Å². The Morgan fingerprint density at radius 3 is 2.46 bits per heavy atom. The van der Waals surface area contributed by atoms with Gasteiger partial charge in [0.05, 0.1) is 24.6 Å². The molecule has 2 aromatic rings. The molecule has 0 saturated heterocycles. The van der Waals surface area contributed by atoms with E-state index in [0.717, 1.165) is 0 Å². The van der Waals surface area contributed by atoms with Gasteiger partial charge >= 0.3 is 5.97 Å². The second-order valence-electron chi connectivity index (χ2n) is 5.57. The molecule has 3 rings (SSSR count). The zero-order valence-electron chi connectivity index (χ0n) is 13.3. The first-order valence-electron chi connectivity index (χ1n) is 7.48. The fourth-order valence-electron chi connectivity index (χ4n) is 2.96. The number of methoxy groups -OCH3 is 1. The van der Waals surface area contributed by atoms with Crippen molar-refractivity contribution in [1.82, 2.24) is 0 Å². The van der Waals surface area contributed by atoms with Crippen LogP contribution in [0.2, 0.25) is 0 Å². The highest BCUT2D eigenvalue weighted by molar-refractivity contribution is 6.03. The Labute approximate surface area is 139 Å². The molecule has 0 saturated carbocycles. The molecule has 1 heterocycles. The molecule has 2 atom stereocenters. The quantitative estimate of drug-likeness (QED) is 0.933. The Morgan fingerprint density at radius 1 is 1.21 bits per heavy atom. The molecular weight excluding hydrogens is 311 g/mol. The molecule has 1 aliphatic rings. The smallest absolute Gasteiger partial charge is 0.314 e. The van der Waals surface area contributed by atoms with Crippen LogP contribution in [0.25, 0.3) is 0 Å². The maximum absolute atomic E-state index is 14.3. The fraction of sp³-hybridized carbons (Fsp3) is 0.222. The van der Waals surface area contributed by atoms with Crippen molar-refractivity contribution in [2.75, 3.05) is 12.1 Å². The van der Waals surface area contributed by atoms with Gasteiger partial charge in [-0.25, -0.2) is 4.39 Å². The number of carboxylic acid groups (broad SMARTS) is 1. The van der Waals surface area contributed by atoms with Crippen molar-refractivity contribution in [3.63, 3.8) is 0 Å². The van der Waals surface area contributed by atoms with Gasteiger partial charge < -0.3 is 9.84 Å². The minimum Gasteiger partial charge on any atom is -0.497 e. The minimum absolute atomic E-state index is 0.307. The highest BCUT2D eigenvalue weighted by Crippen LogP contribution is 2.40. The SMILES string of the molecule is COc1ccc(N2N=C(C)C(C(=O)O)C2c2ccccc2F)cc1. The van der Waals surface area contributed by atoms with Crippen LogP contribution in [-0.4, -0.2) is 23.9 Å². The molecule has 0 spiro atoms. The van der Waals surface area contributed by atoms with E-state index in [1.807, 2.05) is 0 Å². The van der Waals surface area contributed by atoms with Crippen molar-refractivity contribution in [2.24, 2.45) is 11.0 Å². The number of nitrogens with zero attached hydrogens (tertiary/aromatic N) is 2. The first-order valence-corrected chi connectivity index (χ1v) is 7.48. The lowest BCUT2D eigenvalue weighted by Gasteiger charge is -2.27. The maximum atomic E-state index is 14.3. The largest absolute Gasteiger partial charge is 0.497 e. The number of carbonyl (C=O) groups is 1. The van der Waals surface area contributed by atoms with Crippen molar-refractivity contribution in [1.29, 1.82) is 0 Å². The summed E-state index contributed by atoms with van der Waals surface area (Å²) in [5, 5.41) is 15.5. The summed E-state index contributed by atoms with van der Waals surface area (Å²) in [5.41, 5.74) is 1.42. The Bertz CT molecular complexity index is 789. The molecule has 0 amide bonds. The lowest BCUT2D eigenvalue weighted by molar-refractivity contribution is -0.139. The summed E-state index contributed by atoms with van der Waals surface area (Å²) >= 11 is 0. The van der Waals surface area contributed by atoms with E-state index in [1.165, 1.54) is 6.07 Å². The molecule has 0 radical (unpaired) electrons. The van der Waals surface area contributed by atoms with Crippen molar-refractivity contribution in [3.05, 3.63) is 59.9 Å². The van der Waals surface area contributed by atoms with Gasteiger partial charge in [-0.15, -0.1) is 0 Å². The predicted octanol–water partition coefficient (Wildman–Crippen LogP) is 3.47. The fourth-order valence-corrected chi connectivity index (χ4v) is 2.96. The third kappa shape index (κ3) is 2.71. The number of rotatable bonds is 4. The first kappa shape index (κ1) is 16.0. The molecule has 124 valence electrons. The van der Waals surface area contributed by atoms with Crippen LogP contribution in [0.1, 0.15) is 18.5 Å². The normalized spacial score (nSPS) is 20.0. The number of carboxylic acids is 1. The van der Waals surface area contributed by atoms with E-state index in [1.54, 1.807) is 61.5 Å². The molecule has 1 N–H and O–H groups in total. The van der Waals surface area contributed by atoms with Crippen LogP contribution >= 0.6 is 0 Å². The van der Waals surface area contributed by atoms with Gasteiger partial charge in [-0.1, -0.05) is 18.2 Å². The van der Waals surface area contributed by atoms with Crippen LogP contribution in [0.3, 0.4) is 0 Å². The Kier molecular flexibility index (Phi) is 4.20. The third-order valence-electron chi connectivity index (χ3n) is 4.12. The van der Waals surface area contributed by atoms with Crippen LogP contribution < -0.4 is 9.75 Å². The van der Waals surface area contributed by atoms with Crippen molar-refractivity contribution < 1.29 is 19.0 Å². The summed E-state index contributed by atoms with van der Waals surface area (Å²) in [7, 11) is 1.57. The Balaban J connectivity index is 2.08. The Hall–Kier alpha value is -2.89. The summed E-state index contributed by atoms with van der Waals surface area (Å²) in [5.74, 6) is -1.71. The molecule has 6 heteroatoms. The topological polar surface area (TPSA) is 62.1 Å². The molecule has 0 aliphatic carbocycles. The first-order chi connectivity index (χ1) is 11.5. The molecular formula is C18H17FN2O3. The molecule has 24 heavy (non-hydrogen) atoms. The van der Waals surface area contributed by atoms with E-state index in [-0.39, 0.29) is 0 Å². The van der Waals surface area contributed by atoms with Gasteiger partial charge in [0.2, 0.25) is 0 Å². The standard InChI is InChI=1S/C18H17FN2O3/c1-11-16(18(22)23)17(14-5-3-4-6-15(14)19)21(20-11)12-7-9-13(24-2)10-8-12/h3-10,16-17H,1-2H3,(H,22,23). The highest BCUT2D eigenvalue weighted by atomic mass is 19.1. The van der Waals surface area contributed by atoms with E-state index >= 15 is 0 Å². The van der Waals surface area contributed by atoms with Gasteiger partial charge in [-0.2, -0.15) is 5.10 Å². The number of hydrogen-bond donors (Lipinski definition) is 1. The third-order valence-corrected chi connectivity index (χ3v) is 4.12. The van der Waals surface area contributed by atoms with E-state index in [2.05, 4.69) is 5.10 Å². The minimum atomic E-state index is -1.03. The monoisotopic (exact) mass is 328 g/mol. The van der Waals surface area contributed by atoms with Crippen LogP contribution in [-0.2, 0) is 4.79 Å². The molecule has 0 fully saturated rings. The van der Waals surface area contributed by atoms with Crippen molar-refractivity contribution in [3.8, 4) is 5.75 Å². The number of aliphatic carboxylic acids is 1. The lowest BCUT2D eigenvalue weighted by Crippen LogP contribution is -2.31. The number of anilines is 1. The van der Waals surface area contributed by atoms with Gasteiger partial charge in [0.1, 0.15) is 17.5 Å². The number of benzene rings is 2. The average Bonchev–Trinajstić information content (AvgIpc) is 2.92. The van der Waals surface area contributed by atoms with Crippen LogP contribution in [0.15, 0.2) is 53.6 Å². The average molecular weight is 328 g/mol. The molecule has 0 bridgehead atoms. The second kappa shape index (κ2) is 6.31. The highest BCUT2D eigenvalue weighted by Gasteiger charge is 2.43. The number of hydrazone groups is 1. The zero-order valence-corrected chi connectivity index (χ0v) is 13.3. The summed E-state index contributed by atoms with van der Waals surface area (Å²) < 4.78 is 19.5. The number of hydrogen-bond acceptors (Lipinski definition) is 4. The van der Waals surface area contributed by atoms with E-state index in [4.69, 9.17) is 4.74 Å². The van der Waals surface area contributed by atoms with Gasteiger partial charge in [-0.3, -0.25) is 9.80 Å². The Morgan fingerprint density at radius 2 is 1.88 bits per heavy atom. The second-order valence-corrected chi connectivity index (χ2v) is 5.57. The summed E-state index contributed by atoms with van der Waals surface area (Å²) in [4.78, 5) is 11.7. The van der Waals surface area contributed by atoms with Crippen LogP contribution in [0.4, 0.5) is 10.1 Å². The van der Waals surface area contributed by atoms with Crippen LogP contribution in [0.5, 0.6) is 5.75 Å². The number of halogens is 1. The van der Waals surface area contributed by atoms with Crippen molar-refractivity contribution in [2.45, 2.75) is 13.0 Å².